The Morgan fingerprint density at radius 3 is 2.79 bits per heavy atom. The van der Waals surface area contributed by atoms with Crippen molar-refractivity contribution in [2.45, 2.75) is 19.4 Å². The molecule has 150 valence electrons. The summed E-state index contributed by atoms with van der Waals surface area (Å²) in [5, 5.41) is 10.5. The minimum atomic E-state index is -0.0617. The molecule has 0 radical (unpaired) electrons. The largest absolute Gasteiger partial charge is 0.370 e. The third-order valence-corrected chi connectivity index (χ3v) is 4.65. The van der Waals surface area contributed by atoms with Gasteiger partial charge >= 0.3 is 0 Å². The van der Waals surface area contributed by atoms with Gasteiger partial charge in [0, 0.05) is 51.6 Å². The minimum absolute atomic E-state index is 0.00215. The molecule has 1 amide bonds. The zero-order valence-corrected chi connectivity index (χ0v) is 16.7. The summed E-state index contributed by atoms with van der Waals surface area (Å²) >= 11 is 0. The number of aryl methyl sites for hydroxylation is 1. The second-order valence-corrected chi connectivity index (χ2v) is 6.85. The fourth-order valence-corrected chi connectivity index (χ4v) is 3.26. The van der Waals surface area contributed by atoms with Crippen molar-refractivity contribution < 1.29 is 9.53 Å². The number of carbonyl (C=O) groups is 1. The number of guanidine groups is 1. The smallest absolute Gasteiger partial charge is 0.221 e. The molecule has 1 aliphatic rings. The lowest BCUT2D eigenvalue weighted by Crippen LogP contribution is -2.48. The Labute approximate surface area is 165 Å². The van der Waals surface area contributed by atoms with Crippen molar-refractivity contribution in [2.75, 3.05) is 38.6 Å². The molecule has 8 nitrogen and oxygen atoms in total. The number of aliphatic imine (C=N–C) groups is 1. The standard InChI is InChI=1S/C20H28N6O2/c1-15(27)24-18-6-4-16(5-7-18)8-9-22-20(21-2)26-10-11-28-19(14-26)17-12-23-25(3)13-17/h4-7,12-13,19H,8-11,14H2,1-3H3,(H,21,22)(H,24,27). The van der Waals surface area contributed by atoms with Crippen LogP contribution in [-0.4, -0.2) is 59.8 Å². The lowest BCUT2D eigenvalue weighted by atomic mass is 10.1. The Bertz CT molecular complexity index is 814. The van der Waals surface area contributed by atoms with E-state index in [1.807, 2.05) is 43.7 Å². The van der Waals surface area contributed by atoms with E-state index in [2.05, 4.69) is 25.6 Å². The van der Waals surface area contributed by atoms with Crippen molar-refractivity contribution in [3.05, 3.63) is 47.8 Å². The number of benzene rings is 1. The molecule has 1 fully saturated rings. The summed E-state index contributed by atoms with van der Waals surface area (Å²) in [4.78, 5) is 17.7. The van der Waals surface area contributed by atoms with Crippen LogP contribution >= 0.6 is 0 Å². The summed E-state index contributed by atoms with van der Waals surface area (Å²) in [5.41, 5.74) is 3.10. The topological polar surface area (TPSA) is 83.8 Å². The van der Waals surface area contributed by atoms with Crippen molar-refractivity contribution in [2.24, 2.45) is 12.0 Å². The van der Waals surface area contributed by atoms with E-state index in [1.54, 1.807) is 11.7 Å². The van der Waals surface area contributed by atoms with Crippen molar-refractivity contribution in [1.82, 2.24) is 20.0 Å². The molecule has 2 heterocycles. The molecule has 8 heteroatoms. The number of carbonyl (C=O) groups excluding carboxylic acids is 1. The summed E-state index contributed by atoms with van der Waals surface area (Å²) in [6, 6.07) is 7.91. The summed E-state index contributed by atoms with van der Waals surface area (Å²) in [7, 11) is 3.71. The summed E-state index contributed by atoms with van der Waals surface area (Å²) < 4.78 is 7.70. The van der Waals surface area contributed by atoms with Crippen LogP contribution in [0.15, 0.2) is 41.7 Å². The van der Waals surface area contributed by atoms with Gasteiger partial charge in [0.15, 0.2) is 5.96 Å². The van der Waals surface area contributed by atoms with Crippen molar-refractivity contribution in [3.8, 4) is 0 Å². The quantitative estimate of drug-likeness (QED) is 0.604. The first-order valence-electron chi connectivity index (χ1n) is 9.47. The van der Waals surface area contributed by atoms with Gasteiger partial charge in [-0.1, -0.05) is 12.1 Å². The maximum atomic E-state index is 11.1. The summed E-state index contributed by atoms with van der Waals surface area (Å²) in [6.45, 7) is 4.50. The summed E-state index contributed by atoms with van der Waals surface area (Å²) in [6.07, 6.45) is 4.72. The first-order valence-corrected chi connectivity index (χ1v) is 9.47. The highest BCUT2D eigenvalue weighted by Gasteiger charge is 2.24. The number of ether oxygens (including phenoxy) is 1. The Morgan fingerprint density at radius 2 is 2.14 bits per heavy atom. The third-order valence-electron chi connectivity index (χ3n) is 4.65. The lowest BCUT2D eigenvalue weighted by Gasteiger charge is -2.34. The average Bonchev–Trinajstić information content (AvgIpc) is 3.13. The third kappa shape index (κ3) is 5.32. The minimum Gasteiger partial charge on any atom is -0.370 e. The number of amides is 1. The van der Waals surface area contributed by atoms with E-state index in [4.69, 9.17) is 4.74 Å². The van der Waals surface area contributed by atoms with Crippen molar-refractivity contribution in [3.63, 3.8) is 0 Å². The maximum Gasteiger partial charge on any atom is 0.221 e. The fourth-order valence-electron chi connectivity index (χ4n) is 3.26. The van der Waals surface area contributed by atoms with E-state index in [9.17, 15) is 4.79 Å². The van der Waals surface area contributed by atoms with Crippen LogP contribution in [0.4, 0.5) is 5.69 Å². The maximum absolute atomic E-state index is 11.1. The summed E-state index contributed by atoms with van der Waals surface area (Å²) in [5.74, 6) is 0.820. The SMILES string of the molecule is CN=C(NCCc1ccc(NC(C)=O)cc1)N1CCOC(c2cnn(C)c2)C1. The molecule has 2 N–H and O–H groups in total. The molecule has 1 unspecified atom stereocenters. The molecule has 0 bridgehead atoms. The normalized spacial score (nSPS) is 17.5. The van der Waals surface area contributed by atoms with Gasteiger partial charge in [-0.3, -0.25) is 14.5 Å². The van der Waals surface area contributed by atoms with Gasteiger partial charge in [0.1, 0.15) is 6.10 Å². The molecule has 1 aromatic carbocycles. The van der Waals surface area contributed by atoms with Crippen LogP contribution in [0.1, 0.15) is 24.2 Å². The molecular formula is C20H28N6O2. The number of rotatable bonds is 5. The number of aromatic nitrogens is 2. The highest BCUT2D eigenvalue weighted by atomic mass is 16.5. The predicted molar refractivity (Wildman–Crippen MR) is 109 cm³/mol. The number of anilines is 1. The van der Waals surface area contributed by atoms with Crippen LogP contribution in [0.3, 0.4) is 0 Å². The van der Waals surface area contributed by atoms with Crippen molar-refractivity contribution in [1.29, 1.82) is 0 Å². The second kappa shape index (κ2) is 9.36. The van der Waals surface area contributed by atoms with Gasteiger partial charge < -0.3 is 20.3 Å². The van der Waals surface area contributed by atoms with Gasteiger partial charge in [-0.05, 0) is 24.1 Å². The van der Waals surface area contributed by atoms with E-state index >= 15 is 0 Å². The molecule has 2 aromatic rings. The Morgan fingerprint density at radius 1 is 1.36 bits per heavy atom. The average molecular weight is 384 g/mol. The molecule has 1 saturated heterocycles. The molecule has 0 spiro atoms. The number of nitrogens with one attached hydrogen (secondary N) is 2. The molecular weight excluding hydrogens is 356 g/mol. The van der Waals surface area contributed by atoms with Crippen LogP contribution in [0.5, 0.6) is 0 Å². The van der Waals surface area contributed by atoms with Crippen molar-refractivity contribution >= 4 is 17.6 Å². The van der Waals surface area contributed by atoms with E-state index in [0.29, 0.717) is 6.61 Å². The van der Waals surface area contributed by atoms with Crippen LogP contribution in [0.2, 0.25) is 0 Å². The van der Waals surface area contributed by atoms with Crippen LogP contribution < -0.4 is 10.6 Å². The van der Waals surface area contributed by atoms with E-state index in [1.165, 1.54) is 12.5 Å². The van der Waals surface area contributed by atoms with Crippen LogP contribution in [0.25, 0.3) is 0 Å². The first-order chi connectivity index (χ1) is 13.5. The highest BCUT2D eigenvalue weighted by Crippen LogP contribution is 2.21. The number of hydrogen-bond donors (Lipinski definition) is 2. The Hall–Kier alpha value is -2.87. The molecule has 0 saturated carbocycles. The number of nitrogens with zero attached hydrogens (tertiary/aromatic N) is 4. The predicted octanol–water partition coefficient (Wildman–Crippen LogP) is 1.57. The zero-order valence-electron chi connectivity index (χ0n) is 16.7. The molecule has 0 aliphatic carbocycles. The fraction of sp³-hybridized carbons (Fsp3) is 0.450. The molecule has 1 aromatic heterocycles. The van der Waals surface area contributed by atoms with Crippen LogP contribution in [-0.2, 0) is 23.0 Å². The molecule has 1 aliphatic heterocycles. The molecule has 3 rings (SSSR count). The Balaban J connectivity index is 1.50. The van der Waals surface area contributed by atoms with Gasteiger partial charge in [-0.15, -0.1) is 0 Å². The highest BCUT2D eigenvalue weighted by molar-refractivity contribution is 5.88. The first kappa shape index (κ1) is 19.9. The van der Waals surface area contributed by atoms with Gasteiger partial charge in [0.05, 0.1) is 19.3 Å². The van der Waals surface area contributed by atoms with Gasteiger partial charge in [-0.25, -0.2) is 0 Å². The van der Waals surface area contributed by atoms with Crippen LogP contribution in [0, 0.1) is 0 Å². The molecule has 28 heavy (non-hydrogen) atoms. The van der Waals surface area contributed by atoms with Gasteiger partial charge in [0.25, 0.3) is 0 Å². The second-order valence-electron chi connectivity index (χ2n) is 6.85. The van der Waals surface area contributed by atoms with Gasteiger partial charge in [-0.2, -0.15) is 5.10 Å². The number of hydrogen-bond acceptors (Lipinski definition) is 4. The zero-order chi connectivity index (χ0) is 19.9. The van der Waals surface area contributed by atoms with E-state index < -0.39 is 0 Å². The van der Waals surface area contributed by atoms with E-state index in [0.717, 1.165) is 43.3 Å². The lowest BCUT2D eigenvalue weighted by molar-refractivity contribution is -0.114. The number of morpholine rings is 1. The van der Waals surface area contributed by atoms with E-state index in [-0.39, 0.29) is 12.0 Å². The Kier molecular flexibility index (Phi) is 6.65. The monoisotopic (exact) mass is 384 g/mol. The van der Waals surface area contributed by atoms with Gasteiger partial charge in [0.2, 0.25) is 5.91 Å². The molecule has 1 atom stereocenters.